The smallest absolute Gasteiger partial charge is 0.409 e. The molecule has 0 bridgehead atoms. The fourth-order valence-electron chi connectivity index (χ4n) is 6.55. The summed E-state index contributed by atoms with van der Waals surface area (Å²) in [6, 6.07) is 9.82. The average Bonchev–Trinajstić information content (AvgIpc) is 3.57. The highest BCUT2D eigenvalue weighted by Crippen LogP contribution is 2.30. The number of carbonyl (C=O) groups is 3. The van der Waals surface area contributed by atoms with Crippen molar-refractivity contribution in [3.8, 4) is 5.75 Å². The van der Waals surface area contributed by atoms with Gasteiger partial charge < -0.3 is 25.2 Å². The van der Waals surface area contributed by atoms with Gasteiger partial charge in [-0.25, -0.2) is 4.79 Å². The molecule has 12 heteroatoms. The van der Waals surface area contributed by atoms with Crippen LogP contribution in [0.2, 0.25) is 5.02 Å². The van der Waals surface area contributed by atoms with Crippen LogP contribution in [-0.4, -0.2) is 88.1 Å². The fourth-order valence-corrected chi connectivity index (χ4v) is 8.39. The van der Waals surface area contributed by atoms with Gasteiger partial charge in [0.2, 0.25) is 11.8 Å². The van der Waals surface area contributed by atoms with Crippen LogP contribution in [0.3, 0.4) is 0 Å². The van der Waals surface area contributed by atoms with E-state index in [1.54, 1.807) is 40.5 Å². The third-order valence-corrected chi connectivity index (χ3v) is 11.2. The van der Waals surface area contributed by atoms with E-state index in [-0.39, 0.29) is 49.2 Å². The van der Waals surface area contributed by atoms with E-state index in [9.17, 15) is 14.4 Å². The van der Waals surface area contributed by atoms with Crippen LogP contribution in [0, 0.1) is 5.92 Å². The molecule has 3 amide bonds. The Morgan fingerprint density at radius 2 is 1.76 bits per heavy atom. The maximum atomic E-state index is 14.6. The first-order valence-electron chi connectivity index (χ1n) is 16.3. The molecule has 9 nitrogen and oxygen atoms in total. The van der Waals surface area contributed by atoms with Crippen molar-refractivity contribution in [3.63, 3.8) is 0 Å². The van der Waals surface area contributed by atoms with Gasteiger partial charge in [0.15, 0.2) is 5.75 Å². The Kier molecular flexibility index (Phi) is 12.5. The number of hydrogen-bond acceptors (Lipinski definition) is 8. The summed E-state index contributed by atoms with van der Waals surface area (Å²) in [5.74, 6) is 0.138. The summed E-state index contributed by atoms with van der Waals surface area (Å²) < 4.78 is 8.03. The molecular formula is C33H46ClN5O4S2. The molecule has 45 heavy (non-hydrogen) atoms. The van der Waals surface area contributed by atoms with Crippen LogP contribution in [0.4, 0.5) is 4.79 Å². The van der Waals surface area contributed by atoms with Crippen molar-refractivity contribution in [2.45, 2.75) is 88.7 Å². The van der Waals surface area contributed by atoms with E-state index in [4.69, 9.17) is 16.3 Å². The summed E-state index contributed by atoms with van der Waals surface area (Å²) in [5, 5.41) is 9.65. The minimum atomic E-state index is -0.836. The number of nitrogens with one attached hydrogen (secondary N) is 2. The summed E-state index contributed by atoms with van der Waals surface area (Å²) in [7, 11) is 0. The Morgan fingerprint density at radius 1 is 1.00 bits per heavy atom. The van der Waals surface area contributed by atoms with Crippen molar-refractivity contribution in [1.29, 1.82) is 0 Å². The van der Waals surface area contributed by atoms with Gasteiger partial charge in [0.1, 0.15) is 6.04 Å². The quantitative estimate of drug-likeness (QED) is 0.308. The largest absolute Gasteiger partial charge is 0.415 e. The van der Waals surface area contributed by atoms with E-state index in [1.807, 2.05) is 29.5 Å². The number of thiophene rings is 1. The van der Waals surface area contributed by atoms with Gasteiger partial charge in [0.25, 0.3) is 0 Å². The lowest BCUT2D eigenvalue weighted by atomic mass is 9.86. The number of halogens is 1. The first kappa shape index (κ1) is 34.0. The molecule has 3 fully saturated rings. The molecule has 246 valence electrons. The minimum Gasteiger partial charge on any atom is -0.409 e. The van der Waals surface area contributed by atoms with E-state index in [2.05, 4.69) is 28.8 Å². The second-order valence-electron chi connectivity index (χ2n) is 12.5. The molecule has 1 aromatic heterocycles. The summed E-state index contributed by atoms with van der Waals surface area (Å²) in [6.45, 7) is 7.23. The number of carbonyl (C=O) groups excluding carboxylic acids is 3. The molecule has 2 aromatic rings. The van der Waals surface area contributed by atoms with Gasteiger partial charge in [-0.15, -0.1) is 11.3 Å². The molecule has 2 atom stereocenters. The van der Waals surface area contributed by atoms with Gasteiger partial charge in [-0.05, 0) is 55.2 Å². The third-order valence-electron chi connectivity index (χ3n) is 8.89. The maximum Gasteiger partial charge on any atom is 0.415 e. The van der Waals surface area contributed by atoms with Gasteiger partial charge in [-0.2, -0.15) is 0 Å². The zero-order valence-corrected chi connectivity index (χ0v) is 28.7. The minimum absolute atomic E-state index is 0.0362. The van der Waals surface area contributed by atoms with Gasteiger partial charge >= 0.3 is 6.09 Å². The molecule has 2 aliphatic heterocycles. The zero-order valence-electron chi connectivity index (χ0n) is 26.3. The number of ether oxygens (including phenoxy) is 1. The molecule has 2 saturated heterocycles. The summed E-state index contributed by atoms with van der Waals surface area (Å²) in [4.78, 5) is 45.9. The molecule has 3 heterocycles. The number of piperidine rings is 1. The van der Waals surface area contributed by atoms with E-state index in [1.165, 1.54) is 24.2 Å². The highest BCUT2D eigenvalue weighted by atomic mass is 35.5. The molecular weight excluding hydrogens is 630 g/mol. The normalized spacial score (nSPS) is 21.1. The summed E-state index contributed by atoms with van der Waals surface area (Å²) in [5.41, 5.74) is 0. The lowest BCUT2D eigenvalue weighted by molar-refractivity contribution is -0.146. The van der Waals surface area contributed by atoms with E-state index < -0.39 is 12.1 Å². The molecule has 5 rings (SSSR count). The predicted octanol–water partition coefficient (Wildman–Crippen LogP) is 5.79. The first-order valence-corrected chi connectivity index (χ1v) is 18.4. The lowest BCUT2D eigenvalue weighted by Crippen LogP contribution is -2.65. The van der Waals surface area contributed by atoms with Crippen molar-refractivity contribution < 1.29 is 19.1 Å². The summed E-state index contributed by atoms with van der Waals surface area (Å²) in [6.07, 6.45) is 6.98. The Labute approximate surface area is 280 Å². The van der Waals surface area contributed by atoms with Crippen LogP contribution in [0.5, 0.6) is 5.75 Å². The van der Waals surface area contributed by atoms with Crippen molar-refractivity contribution in [1.82, 2.24) is 24.7 Å². The maximum absolute atomic E-state index is 14.6. The van der Waals surface area contributed by atoms with Crippen LogP contribution in [0.25, 0.3) is 0 Å². The van der Waals surface area contributed by atoms with Gasteiger partial charge in [0, 0.05) is 42.3 Å². The first-order chi connectivity index (χ1) is 21.8. The van der Waals surface area contributed by atoms with Crippen LogP contribution in [0.1, 0.15) is 63.7 Å². The van der Waals surface area contributed by atoms with Crippen LogP contribution in [-0.2, 0) is 16.1 Å². The molecule has 2 N–H and O–H groups in total. The third kappa shape index (κ3) is 9.38. The van der Waals surface area contributed by atoms with Crippen molar-refractivity contribution in [2.75, 3.05) is 32.7 Å². The number of para-hydroxylation sites is 1. The number of amides is 3. The molecule has 0 unspecified atom stereocenters. The highest BCUT2D eigenvalue weighted by Gasteiger charge is 2.43. The van der Waals surface area contributed by atoms with Crippen molar-refractivity contribution in [3.05, 3.63) is 51.7 Å². The van der Waals surface area contributed by atoms with E-state index >= 15 is 0 Å². The monoisotopic (exact) mass is 675 g/mol. The zero-order chi connectivity index (χ0) is 31.8. The van der Waals surface area contributed by atoms with Crippen LogP contribution in [0.15, 0.2) is 41.8 Å². The second-order valence-corrected chi connectivity index (χ2v) is 15.6. The SMILES string of the molecule is CC(C)SN1CCC([C@@H](NC2CCCCC2)C(=O)N2CCN(C(=O)Oc3ccccc3Cl)C[C@H]2C(=O)NCc2cccs2)CC1. The number of piperazine rings is 1. The van der Waals surface area contributed by atoms with E-state index in [0.29, 0.717) is 22.9 Å². The van der Waals surface area contributed by atoms with E-state index in [0.717, 1.165) is 43.6 Å². The Balaban J connectivity index is 1.34. The number of rotatable bonds is 10. The standard InChI is InChI=1S/C33H46ClN5O4S2/c1-23(2)45-38-16-14-24(15-17-38)30(36-25-9-4-3-5-10-25)32(41)39-19-18-37(33(42)43-29-13-7-6-12-27(29)34)22-28(39)31(40)35-21-26-11-8-20-44-26/h6-8,11-13,20,23-25,28,30,36H,3-5,9-10,14-19,21-22H2,1-2H3,(H,35,40)/t28-,30+/m0/s1. The molecule has 1 aromatic carbocycles. The fraction of sp³-hybridized carbons (Fsp3) is 0.606. The molecule has 0 radical (unpaired) electrons. The number of hydrogen-bond donors (Lipinski definition) is 2. The Morgan fingerprint density at radius 3 is 2.44 bits per heavy atom. The second kappa shape index (κ2) is 16.5. The van der Waals surface area contributed by atoms with Crippen molar-refractivity contribution >= 4 is 52.8 Å². The lowest BCUT2D eigenvalue weighted by Gasteiger charge is -2.44. The molecule has 3 aliphatic rings. The van der Waals surface area contributed by atoms with Gasteiger partial charge in [-0.3, -0.25) is 13.9 Å². The van der Waals surface area contributed by atoms with Crippen LogP contribution < -0.4 is 15.4 Å². The average molecular weight is 676 g/mol. The number of nitrogens with zero attached hydrogens (tertiary/aromatic N) is 3. The number of benzene rings is 1. The topological polar surface area (TPSA) is 94.2 Å². The van der Waals surface area contributed by atoms with Gasteiger partial charge in [0.05, 0.1) is 24.2 Å². The van der Waals surface area contributed by atoms with Gasteiger partial charge in [-0.1, -0.05) is 74.9 Å². The van der Waals surface area contributed by atoms with Crippen molar-refractivity contribution in [2.24, 2.45) is 5.92 Å². The molecule has 1 aliphatic carbocycles. The molecule has 0 spiro atoms. The Bertz CT molecular complexity index is 1270. The Hall–Kier alpha value is -2.31. The molecule has 1 saturated carbocycles. The summed E-state index contributed by atoms with van der Waals surface area (Å²) >= 11 is 9.69. The van der Waals surface area contributed by atoms with Crippen LogP contribution >= 0.6 is 34.9 Å². The highest BCUT2D eigenvalue weighted by molar-refractivity contribution is 7.97. The predicted molar refractivity (Wildman–Crippen MR) is 182 cm³/mol.